The number of amides is 2. The number of carbonyl (C=O) groups is 2. The van der Waals surface area contributed by atoms with Crippen LogP contribution >= 0.6 is 12.4 Å². The number of hydrogen-bond acceptors (Lipinski definition) is 3. The molecule has 2 amide bonds. The van der Waals surface area contributed by atoms with Crippen LogP contribution in [0.25, 0.3) is 0 Å². The molecule has 0 saturated heterocycles. The first-order valence-electron chi connectivity index (χ1n) is 7.42. The summed E-state index contributed by atoms with van der Waals surface area (Å²) < 4.78 is 0. The molecule has 1 saturated carbocycles. The normalized spacial score (nSPS) is 15.3. The summed E-state index contributed by atoms with van der Waals surface area (Å²) in [5.41, 5.74) is 5.21. The highest BCUT2D eigenvalue weighted by Crippen LogP contribution is 2.24. The van der Waals surface area contributed by atoms with E-state index < -0.39 is 0 Å². The van der Waals surface area contributed by atoms with Crippen LogP contribution in [0.1, 0.15) is 45.4 Å². The smallest absolute Gasteiger partial charge is 0.241 e. The maximum atomic E-state index is 12.1. The summed E-state index contributed by atoms with van der Waals surface area (Å²) in [4.78, 5) is 25.1. The predicted octanol–water partition coefficient (Wildman–Crippen LogP) is 1.30. The SMILES string of the molecule is CCCN(CC1CCCCC1)C(=O)CNC(=O)CN.Cl. The zero-order valence-corrected chi connectivity index (χ0v) is 13.2. The molecular weight excluding hydrogens is 278 g/mol. The number of carbonyl (C=O) groups excluding carboxylic acids is 2. The fourth-order valence-electron chi connectivity index (χ4n) is 2.63. The molecule has 0 unspecified atom stereocenters. The molecule has 0 atom stereocenters. The van der Waals surface area contributed by atoms with E-state index in [1.165, 1.54) is 32.1 Å². The van der Waals surface area contributed by atoms with Gasteiger partial charge in [-0.15, -0.1) is 12.4 Å². The van der Waals surface area contributed by atoms with Crippen molar-refractivity contribution in [2.75, 3.05) is 26.2 Å². The Bertz CT molecular complexity index is 294. The van der Waals surface area contributed by atoms with Gasteiger partial charge in [-0.05, 0) is 25.2 Å². The first-order chi connectivity index (χ1) is 9.17. The van der Waals surface area contributed by atoms with E-state index >= 15 is 0 Å². The maximum Gasteiger partial charge on any atom is 0.241 e. The number of nitrogens with zero attached hydrogens (tertiary/aromatic N) is 1. The van der Waals surface area contributed by atoms with Crippen molar-refractivity contribution in [1.29, 1.82) is 0 Å². The Hall–Kier alpha value is -0.810. The fraction of sp³-hybridized carbons (Fsp3) is 0.857. The third-order valence-electron chi connectivity index (χ3n) is 3.67. The van der Waals surface area contributed by atoms with Gasteiger partial charge in [0.1, 0.15) is 0 Å². The second kappa shape index (κ2) is 10.9. The summed E-state index contributed by atoms with van der Waals surface area (Å²) in [6.45, 7) is 3.69. The van der Waals surface area contributed by atoms with E-state index in [0.717, 1.165) is 19.5 Å². The summed E-state index contributed by atoms with van der Waals surface area (Å²) in [6, 6.07) is 0. The average Bonchev–Trinajstić information content (AvgIpc) is 2.45. The third kappa shape index (κ3) is 7.10. The summed E-state index contributed by atoms with van der Waals surface area (Å²) in [5.74, 6) is 0.367. The van der Waals surface area contributed by atoms with Crippen LogP contribution in [0.5, 0.6) is 0 Å². The van der Waals surface area contributed by atoms with Gasteiger partial charge in [-0.25, -0.2) is 0 Å². The first-order valence-corrected chi connectivity index (χ1v) is 7.42. The van der Waals surface area contributed by atoms with Gasteiger partial charge < -0.3 is 16.0 Å². The van der Waals surface area contributed by atoms with Crippen LogP contribution in [-0.4, -0.2) is 42.9 Å². The maximum absolute atomic E-state index is 12.1. The first kappa shape index (κ1) is 19.2. The Balaban J connectivity index is 0.00000361. The Morgan fingerprint density at radius 3 is 2.45 bits per heavy atom. The van der Waals surface area contributed by atoms with Gasteiger partial charge in [-0.1, -0.05) is 26.2 Å². The molecule has 6 heteroatoms. The van der Waals surface area contributed by atoms with Gasteiger partial charge in [0.15, 0.2) is 0 Å². The fourth-order valence-corrected chi connectivity index (χ4v) is 2.63. The van der Waals surface area contributed by atoms with Gasteiger partial charge in [0.25, 0.3) is 0 Å². The number of nitrogens with one attached hydrogen (secondary N) is 1. The van der Waals surface area contributed by atoms with E-state index in [1.54, 1.807) is 0 Å². The molecule has 1 rings (SSSR count). The van der Waals surface area contributed by atoms with Gasteiger partial charge in [0.05, 0.1) is 13.1 Å². The Labute approximate surface area is 128 Å². The molecule has 0 aliphatic heterocycles. The zero-order chi connectivity index (χ0) is 14.1. The number of rotatable bonds is 7. The molecule has 1 aliphatic rings. The van der Waals surface area contributed by atoms with Crippen LogP contribution in [0.15, 0.2) is 0 Å². The lowest BCUT2D eigenvalue weighted by Crippen LogP contribution is -2.44. The second-order valence-electron chi connectivity index (χ2n) is 5.32. The monoisotopic (exact) mass is 305 g/mol. The number of nitrogens with two attached hydrogens (primary N) is 1. The van der Waals surface area contributed by atoms with Crippen LogP contribution in [0.4, 0.5) is 0 Å². The molecule has 0 aromatic heterocycles. The molecular formula is C14H28ClN3O2. The summed E-state index contributed by atoms with van der Waals surface area (Å²) in [5, 5.41) is 2.55. The molecule has 0 radical (unpaired) electrons. The summed E-state index contributed by atoms with van der Waals surface area (Å²) in [7, 11) is 0. The van der Waals surface area contributed by atoms with Crippen molar-refractivity contribution in [2.45, 2.75) is 45.4 Å². The Kier molecular flexibility index (Phi) is 10.5. The molecule has 0 heterocycles. The second-order valence-corrected chi connectivity index (χ2v) is 5.32. The minimum Gasteiger partial charge on any atom is -0.346 e. The molecule has 0 bridgehead atoms. The molecule has 20 heavy (non-hydrogen) atoms. The standard InChI is InChI=1S/C14H27N3O2.ClH/c1-2-8-17(11-12-6-4-3-5-7-12)14(19)10-16-13(18)9-15;/h12H,2-11,15H2,1H3,(H,16,18);1H. The van der Waals surface area contributed by atoms with E-state index in [2.05, 4.69) is 12.2 Å². The molecule has 118 valence electrons. The van der Waals surface area contributed by atoms with E-state index in [9.17, 15) is 9.59 Å². The summed E-state index contributed by atoms with van der Waals surface area (Å²) >= 11 is 0. The lowest BCUT2D eigenvalue weighted by atomic mass is 9.89. The lowest BCUT2D eigenvalue weighted by molar-refractivity contribution is -0.133. The molecule has 1 aliphatic carbocycles. The highest BCUT2D eigenvalue weighted by molar-refractivity contribution is 5.85. The van der Waals surface area contributed by atoms with Crippen molar-refractivity contribution < 1.29 is 9.59 Å². The van der Waals surface area contributed by atoms with Crippen molar-refractivity contribution in [2.24, 2.45) is 11.7 Å². The van der Waals surface area contributed by atoms with E-state index in [0.29, 0.717) is 5.92 Å². The van der Waals surface area contributed by atoms with E-state index in [1.807, 2.05) is 4.90 Å². The van der Waals surface area contributed by atoms with Gasteiger partial charge in [0, 0.05) is 13.1 Å². The molecule has 5 nitrogen and oxygen atoms in total. The average molecular weight is 306 g/mol. The van der Waals surface area contributed by atoms with Crippen LogP contribution in [-0.2, 0) is 9.59 Å². The van der Waals surface area contributed by atoms with Gasteiger partial charge in [-0.3, -0.25) is 9.59 Å². The third-order valence-corrected chi connectivity index (χ3v) is 3.67. The lowest BCUT2D eigenvalue weighted by Gasteiger charge is -2.29. The zero-order valence-electron chi connectivity index (χ0n) is 12.4. The van der Waals surface area contributed by atoms with E-state index in [-0.39, 0.29) is 37.3 Å². The van der Waals surface area contributed by atoms with E-state index in [4.69, 9.17) is 5.73 Å². The Morgan fingerprint density at radius 2 is 1.90 bits per heavy atom. The quantitative estimate of drug-likeness (QED) is 0.744. The highest BCUT2D eigenvalue weighted by atomic mass is 35.5. The predicted molar refractivity (Wildman–Crippen MR) is 82.8 cm³/mol. The molecule has 0 spiro atoms. The topological polar surface area (TPSA) is 75.4 Å². The van der Waals surface area contributed by atoms with Gasteiger partial charge in [-0.2, -0.15) is 0 Å². The largest absolute Gasteiger partial charge is 0.346 e. The molecule has 0 aromatic carbocycles. The highest BCUT2D eigenvalue weighted by Gasteiger charge is 2.20. The van der Waals surface area contributed by atoms with Gasteiger partial charge >= 0.3 is 0 Å². The van der Waals surface area contributed by atoms with Crippen LogP contribution in [0.3, 0.4) is 0 Å². The summed E-state index contributed by atoms with van der Waals surface area (Å²) in [6.07, 6.45) is 7.28. The van der Waals surface area contributed by atoms with Crippen molar-refractivity contribution in [3.8, 4) is 0 Å². The molecule has 0 aromatic rings. The minimum atomic E-state index is -0.275. The van der Waals surface area contributed by atoms with Crippen molar-refractivity contribution >= 4 is 24.2 Å². The van der Waals surface area contributed by atoms with Crippen LogP contribution < -0.4 is 11.1 Å². The van der Waals surface area contributed by atoms with Gasteiger partial charge in [0.2, 0.25) is 11.8 Å². The minimum absolute atomic E-state index is 0. The van der Waals surface area contributed by atoms with Crippen molar-refractivity contribution in [3.63, 3.8) is 0 Å². The van der Waals surface area contributed by atoms with Crippen molar-refractivity contribution in [3.05, 3.63) is 0 Å². The number of halogens is 1. The van der Waals surface area contributed by atoms with Crippen molar-refractivity contribution in [1.82, 2.24) is 10.2 Å². The Morgan fingerprint density at radius 1 is 1.25 bits per heavy atom. The molecule has 3 N–H and O–H groups in total. The molecule has 1 fully saturated rings. The van der Waals surface area contributed by atoms with Crippen LogP contribution in [0.2, 0.25) is 0 Å². The number of hydrogen-bond donors (Lipinski definition) is 2. The van der Waals surface area contributed by atoms with Crippen LogP contribution in [0, 0.1) is 5.92 Å².